The van der Waals surface area contributed by atoms with E-state index in [1.54, 1.807) is 13.2 Å². The number of nitrogens with zero attached hydrogens (tertiary/aromatic N) is 2. The molecule has 1 aromatic carbocycles. The van der Waals surface area contributed by atoms with Gasteiger partial charge in [0.05, 0.1) is 12.7 Å². The molecule has 1 rings (SSSR count). The van der Waals surface area contributed by atoms with Crippen LogP contribution in [0, 0.1) is 0 Å². The van der Waals surface area contributed by atoms with Gasteiger partial charge in [0.15, 0.2) is 5.84 Å². The molecule has 6 heteroatoms. The van der Waals surface area contributed by atoms with Crippen LogP contribution in [0.5, 0.6) is 5.75 Å². The summed E-state index contributed by atoms with van der Waals surface area (Å²) in [5.74, 6) is 0.649. The van der Waals surface area contributed by atoms with Crippen molar-refractivity contribution in [3.63, 3.8) is 0 Å². The average Bonchev–Trinajstić information content (AvgIpc) is 2.50. The number of nitrogens with one attached hydrogen (secondary N) is 1. The molecule has 0 atom stereocenters. The van der Waals surface area contributed by atoms with Crippen molar-refractivity contribution in [3.8, 4) is 5.75 Å². The van der Waals surface area contributed by atoms with Crippen LogP contribution in [0.25, 0.3) is 0 Å². The molecule has 0 aliphatic heterocycles. The van der Waals surface area contributed by atoms with Gasteiger partial charge in [0, 0.05) is 19.6 Å². The molecule has 0 amide bonds. The van der Waals surface area contributed by atoms with E-state index in [1.807, 2.05) is 12.1 Å². The fourth-order valence-corrected chi connectivity index (χ4v) is 1.77. The zero-order chi connectivity index (χ0) is 15.0. The highest BCUT2D eigenvalue weighted by atomic mass is 16.5. The zero-order valence-electron chi connectivity index (χ0n) is 12.4. The second kappa shape index (κ2) is 8.39. The Morgan fingerprint density at radius 2 is 2.25 bits per heavy atom. The Morgan fingerprint density at radius 1 is 1.50 bits per heavy atom. The first-order chi connectivity index (χ1) is 9.62. The average molecular weight is 280 g/mol. The summed E-state index contributed by atoms with van der Waals surface area (Å²) < 4.78 is 5.26. The number of likely N-dealkylation sites (N-methyl/N-ethyl adjacent to an activating group) is 1. The molecule has 0 aromatic heterocycles. The molecule has 1 aromatic rings. The summed E-state index contributed by atoms with van der Waals surface area (Å²) in [5.41, 5.74) is 7.27. The Balaban J connectivity index is 2.60. The molecule has 0 fully saturated rings. The van der Waals surface area contributed by atoms with Gasteiger partial charge in [-0.2, -0.15) is 0 Å². The molecule has 0 radical (unpaired) electrons. The van der Waals surface area contributed by atoms with Gasteiger partial charge in [-0.3, -0.25) is 0 Å². The Bertz CT molecular complexity index is 449. The predicted octanol–water partition coefficient (Wildman–Crippen LogP) is 0.831. The van der Waals surface area contributed by atoms with Crippen LogP contribution in [0.2, 0.25) is 0 Å². The molecule has 0 unspecified atom stereocenters. The zero-order valence-corrected chi connectivity index (χ0v) is 12.4. The number of nitrogens with two attached hydrogens (primary N) is 1. The fourth-order valence-electron chi connectivity index (χ4n) is 1.77. The highest BCUT2D eigenvalue weighted by Gasteiger charge is 2.08. The highest BCUT2D eigenvalue weighted by Crippen LogP contribution is 2.19. The van der Waals surface area contributed by atoms with Gasteiger partial charge in [-0.1, -0.05) is 18.1 Å². The van der Waals surface area contributed by atoms with Crippen molar-refractivity contribution < 1.29 is 9.94 Å². The maximum absolute atomic E-state index is 8.72. The van der Waals surface area contributed by atoms with Gasteiger partial charge in [-0.05, 0) is 31.3 Å². The van der Waals surface area contributed by atoms with E-state index < -0.39 is 0 Å². The van der Waals surface area contributed by atoms with Gasteiger partial charge in [0.1, 0.15) is 5.75 Å². The molecule has 20 heavy (non-hydrogen) atoms. The van der Waals surface area contributed by atoms with E-state index in [4.69, 9.17) is 15.7 Å². The van der Waals surface area contributed by atoms with E-state index >= 15 is 0 Å². The SMILES string of the molecule is CCN(C)CCNCc1ccc(/C(N)=N/O)c(OC)c1. The summed E-state index contributed by atoms with van der Waals surface area (Å²) in [6, 6.07) is 5.62. The van der Waals surface area contributed by atoms with Gasteiger partial charge in [-0.25, -0.2) is 0 Å². The lowest BCUT2D eigenvalue weighted by Gasteiger charge is -2.14. The van der Waals surface area contributed by atoms with Crippen molar-refractivity contribution in [2.24, 2.45) is 10.9 Å². The van der Waals surface area contributed by atoms with E-state index in [0.29, 0.717) is 11.3 Å². The first-order valence-electron chi connectivity index (χ1n) is 6.66. The van der Waals surface area contributed by atoms with Gasteiger partial charge >= 0.3 is 0 Å². The molecule has 0 heterocycles. The summed E-state index contributed by atoms with van der Waals surface area (Å²) in [6.45, 7) is 5.87. The van der Waals surface area contributed by atoms with Gasteiger partial charge in [0.25, 0.3) is 0 Å². The molecule has 0 bridgehead atoms. The molecule has 112 valence electrons. The summed E-state index contributed by atoms with van der Waals surface area (Å²) in [6.07, 6.45) is 0. The Labute approximate surface area is 120 Å². The lowest BCUT2D eigenvalue weighted by Crippen LogP contribution is -2.28. The molecule has 0 saturated heterocycles. The summed E-state index contributed by atoms with van der Waals surface area (Å²) in [5, 5.41) is 15.1. The lowest BCUT2D eigenvalue weighted by molar-refractivity contribution is 0.318. The first-order valence-corrected chi connectivity index (χ1v) is 6.66. The molecule has 0 aliphatic carbocycles. The van der Waals surface area contributed by atoms with Gasteiger partial charge in [-0.15, -0.1) is 0 Å². The largest absolute Gasteiger partial charge is 0.496 e. The Morgan fingerprint density at radius 3 is 2.85 bits per heavy atom. The van der Waals surface area contributed by atoms with Crippen LogP contribution < -0.4 is 15.8 Å². The number of rotatable bonds is 8. The molecular formula is C14H24N4O2. The quantitative estimate of drug-likeness (QED) is 0.216. The van der Waals surface area contributed by atoms with Crippen LogP contribution >= 0.6 is 0 Å². The maximum atomic E-state index is 8.72. The number of ether oxygens (including phenoxy) is 1. The Kier molecular flexibility index (Phi) is 6.83. The number of methoxy groups -OCH3 is 1. The Hall–Kier alpha value is -1.79. The third kappa shape index (κ3) is 4.71. The lowest BCUT2D eigenvalue weighted by atomic mass is 10.1. The van der Waals surface area contributed by atoms with Crippen LogP contribution in [0.3, 0.4) is 0 Å². The number of benzene rings is 1. The van der Waals surface area contributed by atoms with Crippen molar-refractivity contribution >= 4 is 5.84 Å². The maximum Gasteiger partial charge on any atom is 0.173 e. The normalized spacial score (nSPS) is 11.9. The molecular weight excluding hydrogens is 256 g/mol. The smallest absolute Gasteiger partial charge is 0.173 e. The third-order valence-corrected chi connectivity index (χ3v) is 3.19. The monoisotopic (exact) mass is 280 g/mol. The summed E-state index contributed by atoms with van der Waals surface area (Å²) in [7, 11) is 3.66. The van der Waals surface area contributed by atoms with Crippen LogP contribution in [0.15, 0.2) is 23.4 Å². The van der Waals surface area contributed by atoms with E-state index in [1.165, 1.54) is 0 Å². The predicted molar refractivity (Wildman–Crippen MR) is 80.4 cm³/mol. The van der Waals surface area contributed by atoms with E-state index in [0.717, 1.165) is 31.7 Å². The van der Waals surface area contributed by atoms with Crippen molar-refractivity contribution in [1.29, 1.82) is 0 Å². The van der Waals surface area contributed by atoms with Crippen molar-refractivity contribution in [2.75, 3.05) is 33.8 Å². The van der Waals surface area contributed by atoms with Crippen LogP contribution in [-0.2, 0) is 6.54 Å². The minimum absolute atomic E-state index is 0.0472. The van der Waals surface area contributed by atoms with E-state index in [2.05, 4.69) is 29.3 Å². The van der Waals surface area contributed by atoms with Gasteiger partial charge < -0.3 is 25.9 Å². The van der Waals surface area contributed by atoms with Crippen molar-refractivity contribution in [3.05, 3.63) is 29.3 Å². The minimum atomic E-state index is 0.0472. The van der Waals surface area contributed by atoms with E-state index in [9.17, 15) is 0 Å². The van der Waals surface area contributed by atoms with Crippen molar-refractivity contribution in [2.45, 2.75) is 13.5 Å². The van der Waals surface area contributed by atoms with E-state index in [-0.39, 0.29) is 5.84 Å². The molecule has 0 saturated carbocycles. The number of oxime groups is 1. The number of hydrogen-bond donors (Lipinski definition) is 3. The minimum Gasteiger partial charge on any atom is -0.496 e. The van der Waals surface area contributed by atoms with Crippen molar-refractivity contribution in [1.82, 2.24) is 10.2 Å². The van der Waals surface area contributed by atoms with Crippen LogP contribution in [0.4, 0.5) is 0 Å². The topological polar surface area (TPSA) is 83.1 Å². The molecule has 4 N–H and O–H groups in total. The number of hydrogen-bond acceptors (Lipinski definition) is 5. The summed E-state index contributed by atoms with van der Waals surface area (Å²) in [4.78, 5) is 2.25. The standard InChI is InChI=1S/C14H24N4O2/c1-4-18(2)8-7-16-10-11-5-6-12(14(15)17-19)13(9-11)20-3/h5-6,9,16,19H,4,7-8,10H2,1-3H3,(H2,15,17). The third-order valence-electron chi connectivity index (χ3n) is 3.19. The second-order valence-electron chi connectivity index (χ2n) is 4.59. The summed E-state index contributed by atoms with van der Waals surface area (Å²) >= 11 is 0. The highest BCUT2D eigenvalue weighted by molar-refractivity contribution is 5.99. The van der Waals surface area contributed by atoms with Gasteiger partial charge in [0.2, 0.25) is 0 Å². The van der Waals surface area contributed by atoms with Crippen LogP contribution in [-0.4, -0.2) is 49.7 Å². The molecule has 6 nitrogen and oxygen atoms in total. The number of amidine groups is 1. The molecule has 0 spiro atoms. The first kappa shape index (κ1) is 16.3. The molecule has 0 aliphatic rings. The second-order valence-corrected chi connectivity index (χ2v) is 4.59. The fraction of sp³-hybridized carbons (Fsp3) is 0.500. The van der Waals surface area contributed by atoms with Crippen LogP contribution in [0.1, 0.15) is 18.1 Å².